The van der Waals surface area contributed by atoms with E-state index in [9.17, 15) is 4.79 Å². The molecule has 2 aromatic rings. The number of hydrogen-bond acceptors (Lipinski definition) is 6. The number of nitrogens with zero attached hydrogens (tertiary/aromatic N) is 4. The molecule has 2 rings (SSSR count). The average molecular weight is 388 g/mol. The molecule has 0 unspecified atom stereocenters. The van der Waals surface area contributed by atoms with E-state index in [0.717, 1.165) is 11.1 Å². The zero-order valence-electron chi connectivity index (χ0n) is 15.4. The summed E-state index contributed by atoms with van der Waals surface area (Å²) in [4.78, 5) is 24.5. The third-order valence-corrected chi connectivity index (χ3v) is 4.12. The van der Waals surface area contributed by atoms with Crippen molar-refractivity contribution in [2.24, 2.45) is 15.7 Å². The van der Waals surface area contributed by atoms with Gasteiger partial charge in [0, 0.05) is 23.0 Å². The third kappa shape index (κ3) is 5.12. The van der Waals surface area contributed by atoms with E-state index in [4.69, 9.17) is 22.1 Å². The number of aliphatic imine (C=N–C) groups is 2. The Morgan fingerprint density at radius 1 is 1.48 bits per heavy atom. The Morgan fingerprint density at radius 2 is 2.26 bits per heavy atom. The lowest BCUT2D eigenvalue weighted by atomic mass is 10.1. The zero-order chi connectivity index (χ0) is 19.8. The molecule has 0 aliphatic carbocycles. The van der Waals surface area contributed by atoms with Crippen molar-refractivity contribution < 1.29 is 9.53 Å². The summed E-state index contributed by atoms with van der Waals surface area (Å²) in [6.45, 7) is 7.48. The van der Waals surface area contributed by atoms with Gasteiger partial charge in [-0.3, -0.25) is 19.3 Å². The summed E-state index contributed by atoms with van der Waals surface area (Å²) >= 11 is 6.14. The summed E-state index contributed by atoms with van der Waals surface area (Å²) in [5.74, 6) is 0.745. The van der Waals surface area contributed by atoms with E-state index >= 15 is 0 Å². The smallest absolute Gasteiger partial charge is 0.311 e. The number of nitrogens with two attached hydrogens (primary N) is 1. The van der Waals surface area contributed by atoms with Gasteiger partial charge in [0.05, 0.1) is 25.4 Å². The lowest BCUT2D eigenvalue weighted by Crippen LogP contribution is -2.19. The third-order valence-electron chi connectivity index (χ3n) is 3.69. The van der Waals surface area contributed by atoms with Gasteiger partial charge in [0.25, 0.3) is 0 Å². The van der Waals surface area contributed by atoms with E-state index in [1.807, 2.05) is 19.1 Å². The quantitative estimate of drug-likeness (QED) is 0.448. The molecule has 0 bridgehead atoms. The van der Waals surface area contributed by atoms with Crippen molar-refractivity contribution in [3.8, 4) is 11.4 Å². The van der Waals surface area contributed by atoms with Gasteiger partial charge in [-0.1, -0.05) is 11.6 Å². The number of halogens is 1. The maximum Gasteiger partial charge on any atom is 0.311 e. The summed E-state index contributed by atoms with van der Waals surface area (Å²) in [6, 6.07) is 5.58. The molecule has 0 amide bonds. The van der Waals surface area contributed by atoms with Crippen LogP contribution in [0.3, 0.4) is 0 Å². The van der Waals surface area contributed by atoms with Crippen LogP contribution in [-0.4, -0.2) is 41.3 Å². The molecule has 142 valence electrons. The number of imidazole rings is 1. The second kappa shape index (κ2) is 9.80. The van der Waals surface area contributed by atoms with Gasteiger partial charge in [-0.15, -0.1) is 0 Å². The summed E-state index contributed by atoms with van der Waals surface area (Å²) in [5.41, 5.74) is 7.99. The van der Waals surface area contributed by atoms with Gasteiger partial charge in [-0.2, -0.15) is 0 Å². The molecular formula is C19H22ClN5O2. The van der Waals surface area contributed by atoms with Crippen LogP contribution >= 0.6 is 11.6 Å². The molecule has 1 aromatic heterocycles. The summed E-state index contributed by atoms with van der Waals surface area (Å²) in [6.07, 6.45) is 4.83. The largest absolute Gasteiger partial charge is 0.466 e. The van der Waals surface area contributed by atoms with Crippen LogP contribution < -0.4 is 5.73 Å². The number of carbonyl (C=O) groups excluding carboxylic acids is 1. The van der Waals surface area contributed by atoms with E-state index in [1.54, 1.807) is 29.8 Å². The molecule has 27 heavy (non-hydrogen) atoms. The van der Waals surface area contributed by atoms with Crippen LogP contribution in [0.2, 0.25) is 5.02 Å². The minimum atomic E-state index is -0.351. The van der Waals surface area contributed by atoms with Crippen molar-refractivity contribution in [1.29, 1.82) is 0 Å². The molecule has 0 atom stereocenters. The normalized spacial score (nSPS) is 11.8. The Bertz CT molecular complexity index is 886. The number of hydrogen-bond donors (Lipinski definition) is 1. The highest BCUT2D eigenvalue weighted by Crippen LogP contribution is 2.25. The van der Waals surface area contributed by atoms with Crippen molar-refractivity contribution in [2.75, 3.05) is 13.3 Å². The second-order valence-electron chi connectivity index (χ2n) is 5.55. The van der Waals surface area contributed by atoms with Gasteiger partial charge >= 0.3 is 5.97 Å². The maximum atomic E-state index is 12.0. The molecule has 0 fully saturated rings. The Morgan fingerprint density at radius 3 is 2.89 bits per heavy atom. The first kappa shape index (κ1) is 20.5. The van der Waals surface area contributed by atoms with E-state index in [1.165, 1.54) is 6.20 Å². The second-order valence-corrected chi connectivity index (χ2v) is 5.96. The van der Waals surface area contributed by atoms with E-state index in [2.05, 4.69) is 21.7 Å². The highest BCUT2D eigenvalue weighted by atomic mass is 35.5. The number of carbonyl (C=O) groups is 1. The molecule has 1 aromatic carbocycles. The fourth-order valence-corrected chi connectivity index (χ4v) is 2.64. The molecular weight excluding hydrogens is 366 g/mol. The number of rotatable bonds is 7. The molecule has 0 aliphatic heterocycles. The first-order valence-electron chi connectivity index (χ1n) is 8.37. The molecule has 0 spiro atoms. The van der Waals surface area contributed by atoms with Gasteiger partial charge in [0.15, 0.2) is 0 Å². The topological polar surface area (TPSA) is 94.9 Å². The lowest BCUT2D eigenvalue weighted by Gasteiger charge is -2.13. The molecule has 0 radical (unpaired) electrons. The molecule has 0 aliphatic rings. The predicted octanol–water partition coefficient (Wildman–Crippen LogP) is 2.99. The van der Waals surface area contributed by atoms with Crippen molar-refractivity contribution in [3.05, 3.63) is 53.0 Å². The number of esters is 1. The Kier molecular flexibility index (Phi) is 7.45. The van der Waals surface area contributed by atoms with Crippen molar-refractivity contribution >= 4 is 30.1 Å². The molecule has 0 saturated carbocycles. The first-order valence-corrected chi connectivity index (χ1v) is 8.75. The molecule has 1 heterocycles. The van der Waals surface area contributed by atoms with Gasteiger partial charge in [-0.05, 0) is 50.4 Å². The van der Waals surface area contributed by atoms with Crippen molar-refractivity contribution in [1.82, 2.24) is 9.55 Å². The Labute approximate surface area is 163 Å². The predicted molar refractivity (Wildman–Crippen MR) is 108 cm³/mol. The maximum absolute atomic E-state index is 12.0. The average Bonchev–Trinajstić information content (AvgIpc) is 3.04. The van der Waals surface area contributed by atoms with Gasteiger partial charge in [0.2, 0.25) is 0 Å². The Balaban J connectivity index is 2.62. The van der Waals surface area contributed by atoms with E-state index < -0.39 is 0 Å². The standard InChI is InChI=1S/C19H22ClN5O2/c1-4-27-18(26)10-15-11-23-19(14-5-6-16(20)13(2)9-14)25(15)17(24-12-21)7-8-22-3/h5-9,11H,3-4,10,12,21H2,1-2H3/b8-7-,24-17?. The minimum absolute atomic E-state index is 0.0480. The van der Waals surface area contributed by atoms with E-state index in [0.29, 0.717) is 29.0 Å². The van der Waals surface area contributed by atoms with Crippen LogP contribution in [0.25, 0.3) is 11.4 Å². The fourth-order valence-electron chi connectivity index (χ4n) is 2.53. The number of allylic oxidation sites excluding steroid dienone is 1. The summed E-state index contributed by atoms with van der Waals surface area (Å²) in [5, 5.41) is 0.662. The minimum Gasteiger partial charge on any atom is -0.466 e. The molecule has 8 heteroatoms. The number of aryl methyl sites for hydroxylation is 1. The van der Waals surface area contributed by atoms with Gasteiger partial charge in [0.1, 0.15) is 11.7 Å². The lowest BCUT2D eigenvalue weighted by molar-refractivity contribution is -0.142. The SMILES string of the molecule is C=N/C=C\C(=NCN)n1c(CC(=O)OCC)cnc1-c1ccc(Cl)c(C)c1. The first-order chi connectivity index (χ1) is 13.0. The van der Waals surface area contributed by atoms with E-state index in [-0.39, 0.29) is 19.1 Å². The highest BCUT2D eigenvalue weighted by Gasteiger charge is 2.18. The number of benzene rings is 1. The number of aromatic nitrogens is 2. The number of ether oxygens (including phenoxy) is 1. The molecule has 0 saturated heterocycles. The summed E-state index contributed by atoms with van der Waals surface area (Å²) in [7, 11) is 0. The van der Waals surface area contributed by atoms with Crippen LogP contribution in [0.5, 0.6) is 0 Å². The van der Waals surface area contributed by atoms with Crippen molar-refractivity contribution in [3.63, 3.8) is 0 Å². The zero-order valence-corrected chi connectivity index (χ0v) is 16.1. The summed E-state index contributed by atoms with van der Waals surface area (Å²) < 4.78 is 6.82. The van der Waals surface area contributed by atoms with Crippen molar-refractivity contribution in [2.45, 2.75) is 20.3 Å². The van der Waals surface area contributed by atoms with Gasteiger partial charge < -0.3 is 10.5 Å². The molecule has 2 N–H and O–H groups in total. The van der Waals surface area contributed by atoms with Crippen LogP contribution in [0, 0.1) is 6.92 Å². The van der Waals surface area contributed by atoms with Crippen LogP contribution in [-0.2, 0) is 16.0 Å². The fraction of sp³-hybridized carbons (Fsp3) is 0.263. The van der Waals surface area contributed by atoms with Crippen LogP contribution in [0.4, 0.5) is 0 Å². The molecule has 7 nitrogen and oxygen atoms in total. The van der Waals surface area contributed by atoms with Crippen LogP contribution in [0.1, 0.15) is 18.2 Å². The highest BCUT2D eigenvalue weighted by molar-refractivity contribution is 6.31. The monoisotopic (exact) mass is 387 g/mol. The van der Waals surface area contributed by atoms with Crippen LogP contribution in [0.15, 0.2) is 46.7 Å². The Hall–Kier alpha value is -2.77. The van der Waals surface area contributed by atoms with Gasteiger partial charge in [-0.25, -0.2) is 4.98 Å².